The standard InChI is InChI=1S/C37H38O11/c1-4-34(39)44-18-6-8-20-46-37(42)48-29-14-16-31-30-15-13-28(21-32(30)25(3)33(31)22-29)47-36(41)26-9-11-27(12-10-26)43-17-5-7-19-45-35(40)24(2)23-38/h4,9-16,21-22,25,38H,1-2,5-8,17-20,23H2,3H3. The summed E-state index contributed by atoms with van der Waals surface area (Å²) < 4.78 is 31.8. The second-order valence-corrected chi connectivity index (χ2v) is 10.9. The molecule has 0 radical (unpaired) electrons. The van der Waals surface area contributed by atoms with E-state index in [2.05, 4.69) is 13.2 Å². The van der Waals surface area contributed by atoms with Crippen LogP contribution in [0.15, 0.2) is 85.5 Å². The molecule has 0 bridgehead atoms. The van der Waals surface area contributed by atoms with E-state index in [1.807, 2.05) is 25.1 Å². The van der Waals surface area contributed by atoms with E-state index in [1.165, 1.54) is 0 Å². The molecule has 1 N–H and O–H groups in total. The summed E-state index contributed by atoms with van der Waals surface area (Å²) in [7, 11) is 0. The summed E-state index contributed by atoms with van der Waals surface area (Å²) >= 11 is 0. The van der Waals surface area contributed by atoms with Gasteiger partial charge in [-0.1, -0.05) is 32.2 Å². The second-order valence-electron chi connectivity index (χ2n) is 10.9. The lowest BCUT2D eigenvalue weighted by Crippen LogP contribution is -2.12. The van der Waals surface area contributed by atoms with E-state index in [4.69, 9.17) is 33.5 Å². The van der Waals surface area contributed by atoms with Crippen LogP contribution in [0, 0.1) is 0 Å². The Kier molecular flexibility index (Phi) is 12.9. The maximum absolute atomic E-state index is 12.9. The van der Waals surface area contributed by atoms with Crippen molar-refractivity contribution >= 4 is 24.1 Å². The van der Waals surface area contributed by atoms with E-state index in [-0.39, 0.29) is 31.3 Å². The number of aliphatic hydroxyl groups is 1. The highest BCUT2D eigenvalue weighted by atomic mass is 16.7. The van der Waals surface area contributed by atoms with Crippen LogP contribution in [0.5, 0.6) is 17.2 Å². The Labute approximate surface area is 278 Å². The summed E-state index contributed by atoms with van der Waals surface area (Å²) in [5.41, 5.74) is 4.31. The minimum atomic E-state index is -0.822. The molecule has 1 atom stereocenters. The van der Waals surface area contributed by atoms with Crippen LogP contribution in [-0.4, -0.2) is 62.2 Å². The molecule has 0 amide bonds. The predicted molar refractivity (Wildman–Crippen MR) is 175 cm³/mol. The Hall–Kier alpha value is -5.42. The first-order chi connectivity index (χ1) is 23.2. The van der Waals surface area contributed by atoms with Gasteiger partial charge in [0.1, 0.15) is 17.2 Å². The highest BCUT2D eigenvalue weighted by Gasteiger charge is 2.27. The molecule has 4 rings (SSSR count). The molecule has 0 heterocycles. The van der Waals surface area contributed by atoms with E-state index in [0.717, 1.165) is 28.3 Å². The maximum Gasteiger partial charge on any atom is 0.513 e. The number of hydrogen-bond donors (Lipinski definition) is 1. The zero-order valence-corrected chi connectivity index (χ0v) is 26.7. The largest absolute Gasteiger partial charge is 0.513 e. The van der Waals surface area contributed by atoms with Crippen LogP contribution in [0.2, 0.25) is 0 Å². The van der Waals surface area contributed by atoms with Gasteiger partial charge in [-0.25, -0.2) is 19.2 Å². The average molecular weight is 659 g/mol. The van der Waals surface area contributed by atoms with Crippen LogP contribution in [0.3, 0.4) is 0 Å². The van der Waals surface area contributed by atoms with Crippen LogP contribution >= 0.6 is 0 Å². The van der Waals surface area contributed by atoms with Gasteiger partial charge in [-0.2, -0.15) is 0 Å². The molecule has 1 aliphatic rings. The smallest absolute Gasteiger partial charge is 0.494 e. The Balaban J connectivity index is 1.23. The molecule has 3 aromatic carbocycles. The van der Waals surface area contributed by atoms with Gasteiger partial charge in [-0.05, 0) is 96.5 Å². The van der Waals surface area contributed by atoms with Crippen LogP contribution in [-0.2, 0) is 23.8 Å². The maximum atomic E-state index is 12.9. The molecule has 0 fully saturated rings. The van der Waals surface area contributed by atoms with Crippen LogP contribution in [0.1, 0.15) is 60.0 Å². The van der Waals surface area contributed by atoms with Crippen molar-refractivity contribution in [3.05, 3.63) is 102 Å². The number of esters is 3. The predicted octanol–water partition coefficient (Wildman–Crippen LogP) is 6.31. The van der Waals surface area contributed by atoms with Crippen LogP contribution in [0.4, 0.5) is 4.79 Å². The monoisotopic (exact) mass is 658 g/mol. The summed E-state index contributed by atoms with van der Waals surface area (Å²) in [6.45, 7) is 9.27. The van der Waals surface area contributed by atoms with Gasteiger partial charge < -0.3 is 33.5 Å². The lowest BCUT2D eigenvalue weighted by molar-refractivity contribution is -0.140. The minimum Gasteiger partial charge on any atom is -0.494 e. The Morgan fingerprint density at radius 1 is 0.729 bits per heavy atom. The number of ether oxygens (including phenoxy) is 6. The number of fused-ring (bicyclic) bond motifs is 3. The third-order valence-corrected chi connectivity index (χ3v) is 7.46. The van der Waals surface area contributed by atoms with Crippen molar-refractivity contribution in [1.29, 1.82) is 0 Å². The molecule has 0 aromatic heterocycles. The van der Waals surface area contributed by atoms with Crippen molar-refractivity contribution in [3.8, 4) is 28.4 Å². The molecule has 252 valence electrons. The number of rotatable bonds is 17. The summed E-state index contributed by atoms with van der Waals surface area (Å²) in [5, 5.41) is 8.87. The number of carbonyl (C=O) groups is 4. The molecule has 0 saturated carbocycles. The average Bonchev–Trinajstić information content (AvgIpc) is 3.37. The summed E-state index contributed by atoms with van der Waals surface area (Å²) in [4.78, 5) is 47.6. The molecular weight excluding hydrogens is 620 g/mol. The van der Waals surface area contributed by atoms with Gasteiger partial charge in [0.25, 0.3) is 0 Å². The van der Waals surface area contributed by atoms with E-state index < -0.39 is 30.7 Å². The number of carbonyl (C=O) groups excluding carboxylic acids is 4. The molecule has 48 heavy (non-hydrogen) atoms. The fourth-order valence-corrected chi connectivity index (χ4v) is 4.88. The van der Waals surface area contributed by atoms with Gasteiger partial charge in [0.2, 0.25) is 0 Å². The number of benzene rings is 3. The van der Waals surface area contributed by atoms with Crippen molar-refractivity contribution in [2.75, 3.05) is 33.0 Å². The van der Waals surface area contributed by atoms with E-state index in [0.29, 0.717) is 55.1 Å². The van der Waals surface area contributed by atoms with Gasteiger partial charge >= 0.3 is 24.1 Å². The highest BCUT2D eigenvalue weighted by molar-refractivity contribution is 5.91. The van der Waals surface area contributed by atoms with E-state index >= 15 is 0 Å². The van der Waals surface area contributed by atoms with Gasteiger partial charge in [0.15, 0.2) is 0 Å². The third-order valence-electron chi connectivity index (χ3n) is 7.46. The molecular formula is C37H38O11. The molecule has 0 aliphatic heterocycles. The fourth-order valence-electron chi connectivity index (χ4n) is 4.88. The Bertz CT molecular complexity index is 1640. The zero-order valence-electron chi connectivity index (χ0n) is 26.7. The summed E-state index contributed by atoms with van der Waals surface area (Å²) in [5.74, 6) is -0.326. The van der Waals surface area contributed by atoms with Crippen molar-refractivity contribution in [1.82, 2.24) is 0 Å². The first kappa shape index (κ1) is 35.4. The van der Waals surface area contributed by atoms with Crippen molar-refractivity contribution < 1.29 is 52.7 Å². The van der Waals surface area contributed by atoms with Crippen LogP contribution < -0.4 is 14.2 Å². The summed E-state index contributed by atoms with van der Waals surface area (Å²) in [6, 6.07) is 17.5. The molecule has 0 spiro atoms. The second kappa shape index (κ2) is 17.5. The lowest BCUT2D eigenvalue weighted by Gasteiger charge is -2.11. The zero-order chi connectivity index (χ0) is 34.5. The molecule has 1 unspecified atom stereocenters. The normalized spacial score (nSPS) is 12.6. The first-order valence-electron chi connectivity index (χ1n) is 15.5. The Morgan fingerprint density at radius 3 is 1.88 bits per heavy atom. The highest BCUT2D eigenvalue weighted by Crippen LogP contribution is 2.47. The van der Waals surface area contributed by atoms with E-state index in [1.54, 1.807) is 42.5 Å². The van der Waals surface area contributed by atoms with Crippen molar-refractivity contribution in [2.45, 2.75) is 38.5 Å². The van der Waals surface area contributed by atoms with Crippen LogP contribution in [0.25, 0.3) is 11.1 Å². The SMILES string of the molecule is C=CC(=O)OCCCCOC(=O)Oc1ccc2c(c1)C(C)c1cc(OC(=O)c3ccc(OCCCCOC(=O)C(=C)CO)cc3)ccc1-2. The lowest BCUT2D eigenvalue weighted by atomic mass is 9.99. The van der Waals surface area contributed by atoms with Gasteiger partial charge in [0, 0.05) is 12.0 Å². The molecule has 1 aliphatic carbocycles. The topological polar surface area (TPSA) is 144 Å². The van der Waals surface area contributed by atoms with Gasteiger partial charge in [-0.3, -0.25) is 0 Å². The molecule has 11 nitrogen and oxygen atoms in total. The summed E-state index contributed by atoms with van der Waals surface area (Å²) in [6.07, 6.45) is 2.55. The molecule has 0 saturated heterocycles. The number of aliphatic hydroxyl groups excluding tert-OH is 1. The van der Waals surface area contributed by atoms with Gasteiger partial charge in [-0.15, -0.1) is 0 Å². The van der Waals surface area contributed by atoms with Crippen molar-refractivity contribution in [3.63, 3.8) is 0 Å². The first-order valence-corrected chi connectivity index (χ1v) is 15.5. The Morgan fingerprint density at radius 2 is 1.27 bits per heavy atom. The third kappa shape index (κ3) is 9.79. The molecule has 11 heteroatoms. The van der Waals surface area contributed by atoms with Crippen molar-refractivity contribution in [2.24, 2.45) is 0 Å². The van der Waals surface area contributed by atoms with E-state index in [9.17, 15) is 19.2 Å². The molecule has 3 aromatic rings. The number of hydrogen-bond acceptors (Lipinski definition) is 11. The quantitative estimate of drug-likeness (QED) is 0.0435. The fraction of sp³-hybridized carbons (Fsp3) is 0.297. The number of unbranched alkanes of at least 4 members (excludes halogenated alkanes) is 2. The van der Waals surface area contributed by atoms with Gasteiger partial charge in [0.05, 0.1) is 44.2 Å². The minimum absolute atomic E-state index is 0.0142.